The number of ketones is 2. The van der Waals surface area contributed by atoms with E-state index in [0.29, 0.717) is 206 Å². The Labute approximate surface area is 786 Å². The van der Waals surface area contributed by atoms with Gasteiger partial charge in [-0.2, -0.15) is 10.1 Å². The third-order valence-electron chi connectivity index (χ3n) is 28.0. The van der Waals surface area contributed by atoms with Crippen LogP contribution in [-0.2, 0) is 87.9 Å². The number of amides is 3. The molecule has 37 nitrogen and oxygen atoms in total. The molecule has 0 radical (unpaired) electrons. The summed E-state index contributed by atoms with van der Waals surface area (Å²) in [6.07, 6.45) is 20.0. The Balaban J connectivity index is 0.506. The summed E-state index contributed by atoms with van der Waals surface area (Å²) in [7, 11) is 4.53. The highest BCUT2D eigenvalue weighted by Crippen LogP contribution is 2.41. The minimum Gasteiger partial charge on any atom is -0.461 e. The van der Waals surface area contributed by atoms with Crippen molar-refractivity contribution in [2.75, 3.05) is 128 Å². The lowest BCUT2D eigenvalue weighted by Crippen LogP contribution is -2.61. The van der Waals surface area contributed by atoms with Crippen molar-refractivity contribution in [1.29, 1.82) is 0 Å². The van der Waals surface area contributed by atoms with Crippen LogP contribution in [0.3, 0.4) is 0 Å². The van der Waals surface area contributed by atoms with Crippen molar-refractivity contribution in [3.63, 3.8) is 0 Å². The summed E-state index contributed by atoms with van der Waals surface area (Å²) < 4.78 is 49.9. The SMILES string of the molecule is CO[C@H]1C[C@@H]2CC[C@@H](C)[C@@](O)(O2)C(=O)C(=O)N2CCCC[C@H]2C(=O)O[C@H]([C@H](C)C[C@@H]2CC[C@@H](OC(=O)CCc3cnc(N4CCN(C(=O)CCOCCN5CCN(c6ncc(C(=O)N7CCc8cc(Cn9nc(-c%10ccc%11oc(N)nc%11c%10)c%10c(N)ncnc%109)ccc8C7)cn6)CC5)CC4)nc3)[C@H](OC)C2)CC(N=[N+]=[N-])[C@H](C)/C=C(\C)[C@@H](O)[C@@H](OC)C(=O)[C@H](C)C[C@H](C)/C=C/C=C/C=C/1C. The highest BCUT2D eigenvalue weighted by molar-refractivity contribution is 6.39. The van der Waals surface area contributed by atoms with E-state index >= 15 is 4.79 Å². The van der Waals surface area contributed by atoms with E-state index in [-0.39, 0.29) is 74.1 Å². The Morgan fingerprint density at radius 3 is 2.22 bits per heavy atom. The first-order chi connectivity index (χ1) is 65.1. The molecule has 6 N–H and O–H groups in total. The number of methoxy groups -OCH3 is 3. The number of anilines is 4. The van der Waals surface area contributed by atoms with Crippen LogP contribution in [-0.4, -0.2) is 283 Å². The van der Waals surface area contributed by atoms with Crippen molar-refractivity contribution in [2.45, 2.75) is 225 Å². The number of nitrogens with two attached hydrogens (primary N) is 2. The fraction of sp³-hybridized carbons (Fsp3) is 0.582. The van der Waals surface area contributed by atoms with E-state index in [4.69, 9.17) is 54.1 Å². The molecule has 37 heteroatoms. The van der Waals surface area contributed by atoms with Gasteiger partial charge in [0.1, 0.15) is 53.8 Å². The van der Waals surface area contributed by atoms with Crippen molar-refractivity contribution in [2.24, 2.45) is 40.6 Å². The number of hydrogen-bond acceptors (Lipinski definition) is 31. The Hall–Kier alpha value is -11.5. The lowest BCUT2D eigenvalue weighted by molar-refractivity contribution is -0.265. The number of esters is 2. The van der Waals surface area contributed by atoms with Crippen LogP contribution < -0.4 is 21.3 Å². The molecule has 135 heavy (non-hydrogen) atoms. The van der Waals surface area contributed by atoms with Crippen molar-refractivity contribution >= 4 is 87.1 Å². The van der Waals surface area contributed by atoms with E-state index in [2.05, 4.69) is 72.9 Å². The van der Waals surface area contributed by atoms with Crippen LogP contribution in [0.15, 0.2) is 125 Å². The van der Waals surface area contributed by atoms with Crippen molar-refractivity contribution in [3.8, 4) is 11.3 Å². The Morgan fingerprint density at radius 2 is 1.49 bits per heavy atom. The number of ether oxygens (including phenoxy) is 7. The van der Waals surface area contributed by atoms with E-state index in [1.165, 1.54) is 18.3 Å². The van der Waals surface area contributed by atoms with E-state index in [1.807, 2.05) is 96.5 Å². The van der Waals surface area contributed by atoms with Crippen LogP contribution in [0.25, 0.3) is 43.8 Å². The van der Waals surface area contributed by atoms with Gasteiger partial charge in [0.25, 0.3) is 23.6 Å². The number of benzene rings is 2. The Bertz CT molecular complexity index is 5490. The number of Topliss-reactive ketones (excluding diaryl/α,β-unsaturated/α-hetero) is 2. The first-order valence-corrected chi connectivity index (χ1v) is 47.5. The summed E-state index contributed by atoms with van der Waals surface area (Å²) >= 11 is 0. The van der Waals surface area contributed by atoms with Crippen LogP contribution >= 0.6 is 0 Å². The predicted octanol–water partition coefficient (Wildman–Crippen LogP) is 10.3. The number of allylic oxidation sites excluding steroid dienone is 5. The summed E-state index contributed by atoms with van der Waals surface area (Å²) in [5.41, 5.74) is 31.3. The first kappa shape index (κ1) is 99.4. The number of piperidine rings is 1. The topological polar surface area (TPSA) is 466 Å². The summed E-state index contributed by atoms with van der Waals surface area (Å²) in [4.78, 5) is 146. The van der Waals surface area contributed by atoms with E-state index in [0.717, 1.165) is 46.5 Å². The molecule has 16 atom stereocenters. The quantitative estimate of drug-likeness (QED) is 0.00879. The van der Waals surface area contributed by atoms with Crippen LogP contribution in [0.1, 0.15) is 171 Å². The molecule has 724 valence electrons. The van der Waals surface area contributed by atoms with Gasteiger partial charge in [-0.15, -0.1) is 0 Å². The number of fused-ring (bicyclic) bond motifs is 6. The van der Waals surface area contributed by atoms with Crippen molar-refractivity contribution in [1.82, 2.24) is 64.3 Å². The Kier molecular flexibility index (Phi) is 33.8. The van der Waals surface area contributed by atoms with E-state index in [1.54, 1.807) is 65.0 Å². The number of oxazole rings is 1. The normalized spacial score (nSPS) is 28.0. The maximum Gasteiger partial charge on any atom is 0.329 e. The van der Waals surface area contributed by atoms with Gasteiger partial charge in [-0.1, -0.05) is 94.4 Å². The van der Waals surface area contributed by atoms with Gasteiger partial charge in [-0.05, 0) is 178 Å². The second-order valence-electron chi connectivity index (χ2n) is 37.5. The summed E-state index contributed by atoms with van der Waals surface area (Å²) in [5, 5.41) is 33.9. The number of nitrogens with zero attached hydrogens (tertiary/aromatic N) is 18. The van der Waals surface area contributed by atoms with Gasteiger partial charge >= 0.3 is 11.9 Å². The monoisotopic (exact) mass is 1860 g/mol. The Morgan fingerprint density at radius 1 is 0.741 bits per heavy atom. The van der Waals surface area contributed by atoms with Crippen LogP contribution in [0.5, 0.6) is 0 Å². The van der Waals surface area contributed by atoms with Gasteiger partial charge < -0.3 is 83.8 Å². The minimum absolute atomic E-state index is 0.00445. The highest BCUT2D eigenvalue weighted by Gasteiger charge is 2.54. The van der Waals surface area contributed by atoms with Gasteiger partial charge in [0.05, 0.1) is 55.4 Å². The number of hydrogen-bond donors (Lipinski definition) is 4. The number of cyclic esters (lactones) is 1. The summed E-state index contributed by atoms with van der Waals surface area (Å²) in [6.45, 7) is 20.8. The molecule has 5 fully saturated rings. The lowest BCUT2D eigenvalue weighted by atomic mass is 9.78. The van der Waals surface area contributed by atoms with Gasteiger partial charge in [-0.25, -0.2) is 39.4 Å². The summed E-state index contributed by atoms with van der Waals surface area (Å²) in [6, 6.07) is 9.82. The zero-order chi connectivity index (χ0) is 95.7. The highest BCUT2D eigenvalue weighted by atomic mass is 16.6. The third kappa shape index (κ3) is 24.5. The van der Waals surface area contributed by atoms with Gasteiger partial charge in [0.15, 0.2) is 17.0 Å². The van der Waals surface area contributed by atoms with Crippen molar-refractivity contribution in [3.05, 3.63) is 153 Å². The zero-order valence-electron chi connectivity index (χ0n) is 79.1. The largest absolute Gasteiger partial charge is 0.461 e. The second-order valence-corrected chi connectivity index (χ2v) is 37.5. The van der Waals surface area contributed by atoms with Crippen LogP contribution in [0.4, 0.5) is 23.7 Å². The fourth-order valence-electron chi connectivity index (χ4n) is 19.9. The van der Waals surface area contributed by atoms with Gasteiger partial charge in [-0.3, -0.25) is 33.7 Å². The number of aliphatic hydroxyl groups is 2. The number of nitrogen functional groups attached to an aromatic ring is 2. The minimum atomic E-state index is -2.49. The molecule has 0 spiro atoms. The molecule has 5 aromatic heterocycles. The molecule has 14 rings (SSSR count). The van der Waals surface area contributed by atoms with Gasteiger partial charge in [0, 0.05) is 166 Å². The second kappa shape index (κ2) is 45.9. The average Bonchev–Trinajstić information content (AvgIpc) is 1.58. The number of rotatable bonds is 23. The van der Waals surface area contributed by atoms with Crippen LogP contribution in [0, 0.1) is 35.5 Å². The summed E-state index contributed by atoms with van der Waals surface area (Å²) in [5.74, 6) is -7.16. The molecule has 2 bridgehead atoms. The number of carbonyl (C=O) groups is 7. The number of aromatic nitrogens is 9. The molecule has 2 aromatic carbocycles. The zero-order valence-corrected chi connectivity index (χ0v) is 79.1. The molecule has 6 aliphatic heterocycles. The molecular formula is C98H130N20O17. The third-order valence-corrected chi connectivity index (χ3v) is 28.0. The smallest absolute Gasteiger partial charge is 0.329 e. The molecule has 7 aliphatic rings. The number of aryl methyl sites for hydroxylation is 1. The number of carbonyl (C=O) groups excluding carboxylic acids is 7. The number of piperazine rings is 2. The molecule has 1 aliphatic carbocycles. The van der Waals surface area contributed by atoms with Crippen molar-refractivity contribution < 1.29 is 81.4 Å². The molecule has 1 unspecified atom stereocenters. The maximum atomic E-state index is 15.0. The maximum absolute atomic E-state index is 15.0. The molecule has 7 aromatic rings. The number of aliphatic hydroxyl groups excluding tert-OH is 1. The van der Waals surface area contributed by atoms with Gasteiger partial charge in [0.2, 0.25) is 23.6 Å². The van der Waals surface area contributed by atoms with E-state index in [9.17, 15) is 44.5 Å². The molecule has 3 amide bonds. The standard InChI is InChI=1S/C98H130N20O17/c1-59-16-12-11-13-17-60(2)79(128-8)50-73-25-19-65(7)98(127,135-73)89(123)93(125)117-31-15-14-18-76(117)94(126)133-80(51-74(109-111-101)61(3)45-64(6)87(122)88(130-10)86(121)63(5)44-59)62(4)46-66-21-26-78(81(48-66)129-9)132-83(120)28-22-68-52-102-96(103-53-68)115-39-37-113(38-40-115)82(119)30-42-131-43-41-112-33-35-114(36-34-112)97-104-54-72(55-105-97)92(124)116-32-29-69-47-67(20-23-71(69)57-116)56-118-91-84(90(99)106-58-107-91)85(110-118)70-24-27-77-75(49-70)108-95(100)134-77/h11-13,16-17,20,23-24,27,45,47,49,52-55,58-59,61-63,65-66,73-74,76,78-81,87-88,122,127H,14-15,18-19,21-22,25-26,28-44,46,48,50-51,56-57H2,1-10H3,(H2,100,108)(H2,99,106,107)/b13-11+,16-12+,60-17+,64-45+/t59-,61-,62-,63-,65-,66+,73+,74?,76+,78-,79+,80+,81-,87-,88+,98-/m1/s1. The molecule has 11 heterocycles. The molecular weight excluding hydrogens is 1730 g/mol. The average molecular weight is 1860 g/mol. The number of azide groups is 1. The van der Waals surface area contributed by atoms with Crippen LogP contribution in [0.2, 0.25) is 0 Å². The lowest BCUT2D eigenvalue weighted by Gasteiger charge is -2.43. The predicted molar refractivity (Wildman–Crippen MR) is 503 cm³/mol. The molecule has 1 saturated carbocycles. The molecule has 4 saturated heterocycles. The first-order valence-electron chi connectivity index (χ1n) is 47.5. The van der Waals surface area contributed by atoms with E-state index < -0.39 is 108 Å². The fourth-order valence-corrected chi connectivity index (χ4v) is 19.9.